The van der Waals surface area contributed by atoms with Crippen LogP contribution in [0.5, 0.6) is 0 Å². The Morgan fingerprint density at radius 3 is 2.62 bits per heavy atom. The molecule has 1 aromatic carbocycles. The Labute approximate surface area is 143 Å². The third-order valence-electron chi connectivity index (χ3n) is 2.54. The minimum atomic E-state index is -0.193. The summed E-state index contributed by atoms with van der Waals surface area (Å²) in [6.45, 7) is 1.46. The number of thiocarbonyl (C=S) groups is 1. The minimum absolute atomic E-state index is 0.193. The van der Waals surface area contributed by atoms with E-state index >= 15 is 0 Å². The maximum absolute atomic E-state index is 10.9. The Morgan fingerprint density at radius 1 is 1.29 bits per heavy atom. The standard InChI is InChI=1S/C14H19BrN2O2S2/c1-19-13(18)3-2-8-16-14(20)17-9-10-21-12-6-4-11(15)5-7-12/h4-7H,2-3,8-10H2,1H3,(H2,16,17,20). The summed E-state index contributed by atoms with van der Waals surface area (Å²) in [5.74, 6) is 0.743. The van der Waals surface area contributed by atoms with Gasteiger partial charge in [0.2, 0.25) is 0 Å². The molecule has 2 N–H and O–H groups in total. The Balaban J connectivity index is 2.03. The number of esters is 1. The van der Waals surface area contributed by atoms with Crippen molar-refractivity contribution >= 4 is 51.0 Å². The first-order valence-corrected chi connectivity index (χ1v) is 8.77. The van der Waals surface area contributed by atoms with Gasteiger partial charge in [0, 0.05) is 34.6 Å². The average Bonchev–Trinajstić information content (AvgIpc) is 2.49. The molecular formula is C14H19BrN2O2S2. The van der Waals surface area contributed by atoms with Gasteiger partial charge in [-0.25, -0.2) is 0 Å². The fourth-order valence-electron chi connectivity index (χ4n) is 1.46. The van der Waals surface area contributed by atoms with Crippen LogP contribution in [0.3, 0.4) is 0 Å². The van der Waals surface area contributed by atoms with Gasteiger partial charge in [-0.3, -0.25) is 4.79 Å². The third kappa shape index (κ3) is 8.95. The molecule has 0 heterocycles. The topological polar surface area (TPSA) is 50.4 Å². The molecule has 0 amide bonds. The van der Waals surface area contributed by atoms with Crippen LogP contribution in [-0.4, -0.2) is 37.0 Å². The number of rotatable bonds is 8. The number of carbonyl (C=O) groups is 1. The summed E-state index contributed by atoms with van der Waals surface area (Å²) in [7, 11) is 1.39. The van der Waals surface area contributed by atoms with Crippen molar-refractivity contribution in [2.45, 2.75) is 17.7 Å². The first kappa shape index (κ1) is 18.3. The van der Waals surface area contributed by atoms with Gasteiger partial charge in [-0.1, -0.05) is 15.9 Å². The molecule has 0 spiro atoms. The monoisotopic (exact) mass is 390 g/mol. The number of benzene rings is 1. The van der Waals surface area contributed by atoms with Gasteiger partial charge in [-0.15, -0.1) is 11.8 Å². The molecule has 0 fully saturated rings. The maximum atomic E-state index is 10.9. The predicted molar refractivity (Wildman–Crippen MR) is 94.7 cm³/mol. The molecule has 0 saturated heterocycles. The zero-order chi connectivity index (χ0) is 15.5. The van der Waals surface area contributed by atoms with Gasteiger partial charge in [0.1, 0.15) is 0 Å². The van der Waals surface area contributed by atoms with E-state index in [1.807, 2.05) is 12.1 Å². The molecule has 7 heteroatoms. The summed E-state index contributed by atoms with van der Waals surface area (Å²) in [6.07, 6.45) is 1.12. The zero-order valence-electron chi connectivity index (χ0n) is 11.9. The summed E-state index contributed by atoms with van der Waals surface area (Å²) in [6, 6.07) is 8.22. The van der Waals surface area contributed by atoms with Crippen molar-refractivity contribution in [3.8, 4) is 0 Å². The molecule has 0 unspecified atom stereocenters. The van der Waals surface area contributed by atoms with Gasteiger partial charge in [0.05, 0.1) is 7.11 Å². The molecule has 0 bridgehead atoms. The van der Waals surface area contributed by atoms with Crippen molar-refractivity contribution in [2.75, 3.05) is 26.0 Å². The van der Waals surface area contributed by atoms with Crippen LogP contribution in [0.1, 0.15) is 12.8 Å². The van der Waals surface area contributed by atoms with Gasteiger partial charge >= 0.3 is 5.97 Å². The van der Waals surface area contributed by atoms with E-state index in [2.05, 4.69) is 43.4 Å². The van der Waals surface area contributed by atoms with Crippen molar-refractivity contribution in [1.29, 1.82) is 0 Å². The Hall–Kier alpha value is -0.790. The van der Waals surface area contributed by atoms with E-state index in [0.717, 1.165) is 16.8 Å². The Kier molecular flexibility index (Phi) is 9.45. The van der Waals surface area contributed by atoms with Crippen molar-refractivity contribution in [3.63, 3.8) is 0 Å². The number of carbonyl (C=O) groups excluding carboxylic acids is 1. The molecule has 4 nitrogen and oxygen atoms in total. The number of hydrogen-bond donors (Lipinski definition) is 2. The number of halogens is 1. The quantitative estimate of drug-likeness (QED) is 0.308. The Bertz CT molecular complexity index is 455. The SMILES string of the molecule is COC(=O)CCCNC(=S)NCCSc1ccc(Br)cc1. The summed E-state index contributed by atoms with van der Waals surface area (Å²) in [5.41, 5.74) is 0. The summed E-state index contributed by atoms with van der Waals surface area (Å²) < 4.78 is 5.65. The van der Waals surface area contributed by atoms with E-state index < -0.39 is 0 Å². The van der Waals surface area contributed by atoms with E-state index in [-0.39, 0.29) is 5.97 Å². The molecule has 0 aliphatic heterocycles. The Morgan fingerprint density at radius 2 is 1.95 bits per heavy atom. The molecule has 116 valence electrons. The molecule has 21 heavy (non-hydrogen) atoms. The molecule has 0 aliphatic carbocycles. The zero-order valence-corrected chi connectivity index (χ0v) is 15.1. The molecule has 1 rings (SSSR count). The molecule has 0 aromatic heterocycles. The highest BCUT2D eigenvalue weighted by molar-refractivity contribution is 9.10. The number of thioether (sulfide) groups is 1. The predicted octanol–water partition coefficient (Wildman–Crippen LogP) is 2.96. The highest BCUT2D eigenvalue weighted by atomic mass is 79.9. The van der Waals surface area contributed by atoms with Crippen LogP contribution < -0.4 is 10.6 Å². The van der Waals surface area contributed by atoms with Crippen LogP contribution in [0.25, 0.3) is 0 Å². The van der Waals surface area contributed by atoms with Crippen LogP contribution in [0.2, 0.25) is 0 Å². The number of ether oxygens (including phenoxy) is 1. The van der Waals surface area contributed by atoms with Crippen molar-refractivity contribution in [1.82, 2.24) is 10.6 Å². The van der Waals surface area contributed by atoms with E-state index in [9.17, 15) is 4.79 Å². The highest BCUT2D eigenvalue weighted by Crippen LogP contribution is 2.19. The van der Waals surface area contributed by atoms with Crippen molar-refractivity contribution < 1.29 is 9.53 Å². The van der Waals surface area contributed by atoms with Crippen LogP contribution in [-0.2, 0) is 9.53 Å². The molecule has 0 aliphatic rings. The average molecular weight is 391 g/mol. The lowest BCUT2D eigenvalue weighted by Gasteiger charge is -2.10. The lowest BCUT2D eigenvalue weighted by Crippen LogP contribution is -2.37. The number of methoxy groups -OCH3 is 1. The van der Waals surface area contributed by atoms with Crippen LogP contribution >= 0.6 is 39.9 Å². The molecule has 0 radical (unpaired) electrons. The third-order valence-corrected chi connectivity index (χ3v) is 4.37. The second-order valence-corrected chi connectivity index (χ2v) is 6.66. The molecule has 0 atom stereocenters. The maximum Gasteiger partial charge on any atom is 0.305 e. The lowest BCUT2D eigenvalue weighted by atomic mass is 10.3. The highest BCUT2D eigenvalue weighted by Gasteiger charge is 2.00. The van der Waals surface area contributed by atoms with Crippen molar-refractivity contribution in [3.05, 3.63) is 28.7 Å². The van der Waals surface area contributed by atoms with E-state index in [1.54, 1.807) is 11.8 Å². The second kappa shape index (κ2) is 10.9. The first-order valence-electron chi connectivity index (χ1n) is 6.58. The van der Waals surface area contributed by atoms with Crippen LogP contribution in [0, 0.1) is 0 Å². The summed E-state index contributed by atoms with van der Waals surface area (Å²) >= 11 is 10.3. The minimum Gasteiger partial charge on any atom is -0.469 e. The normalized spacial score (nSPS) is 10.0. The number of hydrogen-bond acceptors (Lipinski definition) is 4. The molecule has 1 aromatic rings. The summed E-state index contributed by atoms with van der Waals surface area (Å²) in [4.78, 5) is 12.2. The molecule has 0 saturated carbocycles. The summed E-state index contributed by atoms with van der Waals surface area (Å²) in [5, 5.41) is 6.83. The van der Waals surface area contributed by atoms with Crippen LogP contribution in [0.4, 0.5) is 0 Å². The lowest BCUT2D eigenvalue weighted by molar-refractivity contribution is -0.140. The van der Waals surface area contributed by atoms with Crippen molar-refractivity contribution in [2.24, 2.45) is 0 Å². The first-order chi connectivity index (χ1) is 10.1. The smallest absolute Gasteiger partial charge is 0.305 e. The fraction of sp³-hybridized carbons (Fsp3) is 0.429. The van der Waals surface area contributed by atoms with Gasteiger partial charge < -0.3 is 15.4 Å². The van der Waals surface area contributed by atoms with E-state index in [4.69, 9.17) is 12.2 Å². The van der Waals surface area contributed by atoms with Crippen LogP contribution in [0.15, 0.2) is 33.6 Å². The fourth-order valence-corrected chi connectivity index (χ4v) is 2.70. The van der Waals surface area contributed by atoms with Gasteiger partial charge in [0.15, 0.2) is 5.11 Å². The van der Waals surface area contributed by atoms with Gasteiger partial charge in [0.25, 0.3) is 0 Å². The van der Waals surface area contributed by atoms with Gasteiger partial charge in [-0.05, 0) is 42.9 Å². The van der Waals surface area contributed by atoms with Gasteiger partial charge in [-0.2, -0.15) is 0 Å². The molecular weight excluding hydrogens is 372 g/mol. The second-order valence-electron chi connectivity index (χ2n) is 4.16. The number of nitrogens with one attached hydrogen (secondary N) is 2. The van der Waals surface area contributed by atoms with E-state index in [0.29, 0.717) is 24.5 Å². The van der Waals surface area contributed by atoms with E-state index in [1.165, 1.54) is 12.0 Å². The largest absolute Gasteiger partial charge is 0.469 e.